The minimum atomic E-state index is -0.644. The number of nitrogens with one attached hydrogen (secondary N) is 1. The lowest BCUT2D eigenvalue weighted by atomic mass is 10.3. The van der Waals surface area contributed by atoms with Crippen molar-refractivity contribution in [3.05, 3.63) is 76.5 Å². The van der Waals surface area contributed by atoms with E-state index < -0.39 is 23.4 Å². The van der Waals surface area contributed by atoms with Crippen molar-refractivity contribution in [1.82, 2.24) is 9.78 Å². The molecule has 1 amide bonds. The van der Waals surface area contributed by atoms with Gasteiger partial charge in [0.2, 0.25) is 0 Å². The van der Waals surface area contributed by atoms with Crippen LogP contribution in [0.4, 0.5) is 11.5 Å². The quantitative estimate of drug-likeness (QED) is 0.344. The van der Waals surface area contributed by atoms with Crippen LogP contribution in [0.15, 0.2) is 60.8 Å². The zero-order chi connectivity index (χ0) is 21.5. The third-order valence-corrected chi connectivity index (χ3v) is 3.94. The van der Waals surface area contributed by atoms with Crippen LogP contribution in [0.2, 0.25) is 0 Å². The minimum Gasteiger partial charge on any atom is -0.477 e. The number of nitrogens with zero attached hydrogens (tertiary/aromatic N) is 3. The van der Waals surface area contributed by atoms with E-state index >= 15 is 0 Å². The normalized spacial score (nSPS) is 10.3. The maximum absolute atomic E-state index is 12.5. The summed E-state index contributed by atoms with van der Waals surface area (Å²) >= 11 is 0. The largest absolute Gasteiger partial charge is 0.477 e. The molecular weight excluding hydrogens is 392 g/mol. The van der Waals surface area contributed by atoms with E-state index in [1.165, 1.54) is 29.1 Å². The number of amides is 1. The molecular formula is C20H18N4O6. The highest BCUT2D eigenvalue weighted by atomic mass is 16.6. The molecule has 154 valence electrons. The highest BCUT2D eigenvalue weighted by molar-refractivity contribution is 6.01. The van der Waals surface area contributed by atoms with Gasteiger partial charge in [0, 0.05) is 6.07 Å². The molecule has 0 aliphatic rings. The van der Waals surface area contributed by atoms with Gasteiger partial charge >= 0.3 is 11.7 Å². The fourth-order valence-corrected chi connectivity index (χ4v) is 2.63. The average molecular weight is 410 g/mol. The number of carbonyl (C=O) groups excluding carboxylic acids is 2. The van der Waals surface area contributed by atoms with Gasteiger partial charge in [-0.15, -0.1) is 0 Å². The van der Waals surface area contributed by atoms with Crippen LogP contribution in [0.5, 0.6) is 5.75 Å². The van der Waals surface area contributed by atoms with E-state index in [1.807, 2.05) is 6.07 Å². The molecule has 0 saturated heterocycles. The Labute approximate surface area is 171 Å². The maximum Gasteiger partial charge on any atom is 0.343 e. The van der Waals surface area contributed by atoms with E-state index in [2.05, 4.69) is 10.4 Å². The summed E-state index contributed by atoms with van der Waals surface area (Å²) in [7, 11) is 0. The number of ether oxygens (including phenoxy) is 2. The summed E-state index contributed by atoms with van der Waals surface area (Å²) in [6.45, 7) is 1.31. The van der Waals surface area contributed by atoms with Crippen LogP contribution < -0.4 is 10.1 Å². The van der Waals surface area contributed by atoms with Crippen LogP contribution in [-0.4, -0.2) is 39.8 Å². The first-order valence-electron chi connectivity index (χ1n) is 8.98. The Morgan fingerprint density at radius 3 is 2.53 bits per heavy atom. The number of hydrogen-bond donors (Lipinski definition) is 1. The SMILES string of the molecule is CCOC(=O)c1cnn(-c2ccccc2)c1NC(=O)COc1ccccc1[N+](=O)[O-]. The first-order chi connectivity index (χ1) is 14.5. The monoisotopic (exact) mass is 410 g/mol. The number of benzene rings is 2. The number of para-hydroxylation sites is 3. The van der Waals surface area contributed by atoms with Gasteiger partial charge in [-0.2, -0.15) is 5.10 Å². The number of rotatable bonds is 8. The number of aromatic nitrogens is 2. The third-order valence-electron chi connectivity index (χ3n) is 3.94. The van der Waals surface area contributed by atoms with Crippen LogP contribution in [0.3, 0.4) is 0 Å². The van der Waals surface area contributed by atoms with Crippen molar-refractivity contribution in [3.8, 4) is 11.4 Å². The molecule has 10 heteroatoms. The molecule has 1 heterocycles. The van der Waals surface area contributed by atoms with Crippen molar-refractivity contribution in [2.75, 3.05) is 18.5 Å². The van der Waals surface area contributed by atoms with Crippen LogP contribution in [0.25, 0.3) is 5.69 Å². The van der Waals surface area contributed by atoms with Crippen molar-refractivity contribution < 1.29 is 24.0 Å². The van der Waals surface area contributed by atoms with Crippen LogP contribution in [0.1, 0.15) is 17.3 Å². The van der Waals surface area contributed by atoms with Gasteiger partial charge in [-0.05, 0) is 25.1 Å². The molecule has 0 aliphatic carbocycles. The van der Waals surface area contributed by atoms with E-state index in [-0.39, 0.29) is 29.4 Å². The molecule has 0 radical (unpaired) electrons. The molecule has 1 aromatic heterocycles. The first-order valence-corrected chi connectivity index (χ1v) is 8.98. The third kappa shape index (κ3) is 4.61. The average Bonchev–Trinajstić information content (AvgIpc) is 3.16. The smallest absolute Gasteiger partial charge is 0.343 e. The summed E-state index contributed by atoms with van der Waals surface area (Å²) in [5.74, 6) is -1.21. The molecule has 0 unspecified atom stereocenters. The number of esters is 1. The molecule has 0 bridgehead atoms. The highest BCUT2D eigenvalue weighted by Gasteiger charge is 2.22. The summed E-state index contributed by atoms with van der Waals surface area (Å²) in [5, 5.41) is 17.8. The van der Waals surface area contributed by atoms with Crippen LogP contribution >= 0.6 is 0 Å². The Hall–Kier alpha value is -4.21. The van der Waals surface area contributed by atoms with Gasteiger partial charge in [-0.3, -0.25) is 14.9 Å². The topological polar surface area (TPSA) is 126 Å². The zero-order valence-corrected chi connectivity index (χ0v) is 16.0. The van der Waals surface area contributed by atoms with Crippen LogP contribution in [-0.2, 0) is 9.53 Å². The Balaban J connectivity index is 1.82. The molecule has 0 aliphatic heterocycles. The lowest BCUT2D eigenvalue weighted by Crippen LogP contribution is -2.23. The molecule has 0 saturated carbocycles. The molecule has 0 fully saturated rings. The number of hydrogen-bond acceptors (Lipinski definition) is 7. The van der Waals surface area contributed by atoms with Gasteiger partial charge in [0.05, 0.1) is 23.4 Å². The molecule has 0 spiro atoms. The number of nitro groups is 1. The number of carbonyl (C=O) groups is 2. The Bertz CT molecular complexity index is 1060. The van der Waals surface area contributed by atoms with Gasteiger partial charge in [-0.25, -0.2) is 9.48 Å². The molecule has 30 heavy (non-hydrogen) atoms. The zero-order valence-electron chi connectivity index (χ0n) is 16.0. The second-order valence-electron chi connectivity index (χ2n) is 5.94. The van der Waals surface area contributed by atoms with Gasteiger partial charge in [0.1, 0.15) is 5.56 Å². The second kappa shape index (κ2) is 9.32. The molecule has 3 rings (SSSR count). The number of anilines is 1. The minimum absolute atomic E-state index is 0.0418. The van der Waals surface area contributed by atoms with Gasteiger partial charge in [0.15, 0.2) is 18.2 Å². The van der Waals surface area contributed by atoms with E-state index in [0.717, 1.165) is 0 Å². The Kier molecular flexibility index (Phi) is 6.38. The number of nitro benzene ring substituents is 1. The van der Waals surface area contributed by atoms with Crippen molar-refractivity contribution >= 4 is 23.4 Å². The van der Waals surface area contributed by atoms with E-state index in [0.29, 0.717) is 5.69 Å². The van der Waals surface area contributed by atoms with E-state index in [9.17, 15) is 19.7 Å². The predicted octanol–water partition coefficient (Wildman–Crippen LogP) is 2.97. The lowest BCUT2D eigenvalue weighted by molar-refractivity contribution is -0.385. The summed E-state index contributed by atoms with van der Waals surface area (Å²) in [6, 6.07) is 14.6. The highest BCUT2D eigenvalue weighted by Crippen LogP contribution is 2.26. The van der Waals surface area contributed by atoms with E-state index in [4.69, 9.17) is 9.47 Å². The fourth-order valence-electron chi connectivity index (χ4n) is 2.63. The second-order valence-corrected chi connectivity index (χ2v) is 5.94. The van der Waals surface area contributed by atoms with Crippen molar-refractivity contribution in [3.63, 3.8) is 0 Å². The summed E-state index contributed by atoms with van der Waals surface area (Å²) in [6.07, 6.45) is 1.30. The fraction of sp³-hybridized carbons (Fsp3) is 0.150. The standard InChI is InChI=1S/C20H18N4O6/c1-2-29-20(26)15-12-21-23(14-8-4-3-5-9-14)19(15)22-18(25)13-30-17-11-7-6-10-16(17)24(27)28/h3-12H,2,13H2,1H3,(H,22,25). The molecule has 3 aromatic rings. The molecule has 2 aromatic carbocycles. The first kappa shape index (κ1) is 20.5. The van der Waals surface area contributed by atoms with Crippen molar-refractivity contribution in [1.29, 1.82) is 0 Å². The van der Waals surface area contributed by atoms with Gasteiger partial charge < -0.3 is 14.8 Å². The van der Waals surface area contributed by atoms with Crippen molar-refractivity contribution in [2.45, 2.75) is 6.92 Å². The summed E-state index contributed by atoms with van der Waals surface area (Å²) < 4.78 is 11.7. The van der Waals surface area contributed by atoms with E-state index in [1.54, 1.807) is 37.3 Å². The van der Waals surface area contributed by atoms with Crippen molar-refractivity contribution in [2.24, 2.45) is 0 Å². The Morgan fingerprint density at radius 2 is 1.83 bits per heavy atom. The molecule has 0 atom stereocenters. The summed E-state index contributed by atoms with van der Waals surface area (Å²) in [4.78, 5) is 35.2. The van der Waals surface area contributed by atoms with Crippen LogP contribution in [0, 0.1) is 10.1 Å². The van der Waals surface area contributed by atoms with Gasteiger partial charge in [-0.1, -0.05) is 30.3 Å². The molecule has 1 N–H and O–H groups in total. The maximum atomic E-state index is 12.5. The predicted molar refractivity (Wildman–Crippen MR) is 107 cm³/mol. The summed E-state index contributed by atoms with van der Waals surface area (Å²) in [5.41, 5.74) is 0.426. The molecule has 10 nitrogen and oxygen atoms in total. The lowest BCUT2D eigenvalue weighted by Gasteiger charge is -2.12. The Morgan fingerprint density at radius 1 is 1.13 bits per heavy atom. The van der Waals surface area contributed by atoms with Gasteiger partial charge in [0.25, 0.3) is 5.91 Å².